The van der Waals surface area contributed by atoms with Crippen molar-refractivity contribution in [2.75, 3.05) is 6.54 Å². The second-order valence-corrected chi connectivity index (χ2v) is 5.68. The maximum Gasteiger partial charge on any atom is 0.160 e. The third-order valence-corrected chi connectivity index (χ3v) is 4.21. The number of nitrogens with zero attached hydrogens (tertiary/aromatic N) is 2. The Morgan fingerprint density at radius 2 is 2.20 bits per heavy atom. The molecule has 0 aliphatic carbocycles. The fraction of sp³-hybridized carbons (Fsp3) is 0.333. The van der Waals surface area contributed by atoms with Gasteiger partial charge in [0.2, 0.25) is 0 Å². The minimum atomic E-state index is -0.274. The van der Waals surface area contributed by atoms with Crippen LogP contribution in [0.3, 0.4) is 0 Å². The van der Waals surface area contributed by atoms with Gasteiger partial charge >= 0.3 is 0 Å². The number of fused-ring (bicyclic) bond motifs is 1. The Morgan fingerprint density at radius 3 is 3.00 bits per heavy atom. The summed E-state index contributed by atoms with van der Waals surface area (Å²) >= 11 is 3.45. The molecule has 1 aliphatic heterocycles. The van der Waals surface area contributed by atoms with Gasteiger partial charge in [-0.2, -0.15) is 0 Å². The number of halogens is 2. The molecule has 1 aromatic carbocycles. The summed E-state index contributed by atoms with van der Waals surface area (Å²) in [6, 6.07) is 4.60. The van der Waals surface area contributed by atoms with Crippen molar-refractivity contribution in [3.05, 3.63) is 45.4 Å². The fourth-order valence-electron chi connectivity index (χ4n) is 2.49. The average molecular weight is 336 g/mol. The summed E-state index contributed by atoms with van der Waals surface area (Å²) < 4.78 is 14.3. The van der Waals surface area contributed by atoms with Gasteiger partial charge in [0, 0.05) is 40.8 Å². The Kier molecular flexibility index (Phi) is 3.81. The van der Waals surface area contributed by atoms with E-state index in [1.165, 1.54) is 17.7 Å². The lowest BCUT2D eigenvalue weighted by Gasteiger charge is -2.20. The summed E-state index contributed by atoms with van der Waals surface area (Å²) in [4.78, 5) is 9.28. The number of aromatic nitrogens is 2. The second kappa shape index (κ2) is 5.58. The summed E-state index contributed by atoms with van der Waals surface area (Å²) in [5, 5.41) is 3.35. The fourth-order valence-corrected chi connectivity index (χ4v) is 2.92. The van der Waals surface area contributed by atoms with Gasteiger partial charge in [-0.05, 0) is 24.6 Å². The highest BCUT2D eigenvalue weighted by atomic mass is 79.9. The van der Waals surface area contributed by atoms with E-state index < -0.39 is 0 Å². The summed E-state index contributed by atoms with van der Waals surface area (Å²) in [7, 11) is 0. The number of benzene rings is 1. The lowest BCUT2D eigenvalue weighted by Crippen LogP contribution is -2.26. The first-order valence-electron chi connectivity index (χ1n) is 6.74. The smallest absolute Gasteiger partial charge is 0.160 e. The van der Waals surface area contributed by atoms with E-state index in [1.54, 1.807) is 6.07 Å². The molecular formula is C15H15BrFN3. The molecule has 0 atom stereocenters. The van der Waals surface area contributed by atoms with Crippen molar-refractivity contribution in [1.29, 1.82) is 0 Å². The predicted molar refractivity (Wildman–Crippen MR) is 79.9 cm³/mol. The Morgan fingerprint density at radius 1 is 1.35 bits per heavy atom. The van der Waals surface area contributed by atoms with Crippen molar-refractivity contribution in [1.82, 2.24) is 15.3 Å². The first-order chi connectivity index (χ1) is 9.69. The van der Waals surface area contributed by atoms with Gasteiger partial charge in [-0.1, -0.05) is 22.9 Å². The number of hydrogen-bond acceptors (Lipinski definition) is 3. The van der Waals surface area contributed by atoms with Crippen LogP contribution >= 0.6 is 15.9 Å². The molecule has 3 nitrogen and oxygen atoms in total. The van der Waals surface area contributed by atoms with Crippen LogP contribution in [0.25, 0.3) is 11.4 Å². The lowest BCUT2D eigenvalue weighted by atomic mass is 10.0. The van der Waals surface area contributed by atoms with Crippen LogP contribution in [0.1, 0.15) is 23.9 Å². The molecule has 3 rings (SSSR count). The van der Waals surface area contributed by atoms with E-state index in [4.69, 9.17) is 0 Å². The highest BCUT2D eigenvalue weighted by Gasteiger charge is 2.18. The molecule has 2 heterocycles. The van der Waals surface area contributed by atoms with Gasteiger partial charge in [-0.3, -0.25) is 0 Å². The Balaban J connectivity index is 2.17. The molecule has 0 unspecified atom stereocenters. The molecule has 0 spiro atoms. The summed E-state index contributed by atoms with van der Waals surface area (Å²) in [5.41, 5.74) is 4.05. The minimum Gasteiger partial charge on any atom is -0.312 e. The van der Waals surface area contributed by atoms with Crippen LogP contribution in [0, 0.1) is 5.82 Å². The van der Waals surface area contributed by atoms with Gasteiger partial charge in [0.05, 0.1) is 5.69 Å². The quantitative estimate of drug-likeness (QED) is 0.915. The average Bonchev–Trinajstić information content (AvgIpc) is 2.48. The monoisotopic (exact) mass is 335 g/mol. The van der Waals surface area contributed by atoms with Crippen molar-refractivity contribution in [2.24, 2.45) is 0 Å². The summed E-state index contributed by atoms with van der Waals surface area (Å²) in [6.07, 6.45) is 1.75. The molecule has 1 aliphatic rings. The molecule has 0 fully saturated rings. The molecular weight excluding hydrogens is 321 g/mol. The van der Waals surface area contributed by atoms with Crippen LogP contribution in [0.15, 0.2) is 22.7 Å². The SMILES string of the molecule is CCc1nc(-c2cc(F)ccc2Br)nc2c1CNCC2. The van der Waals surface area contributed by atoms with Crippen LogP contribution in [-0.2, 0) is 19.4 Å². The molecule has 0 radical (unpaired) electrons. The Bertz CT molecular complexity index is 641. The molecule has 0 saturated carbocycles. The summed E-state index contributed by atoms with van der Waals surface area (Å²) in [6.45, 7) is 3.83. The maximum absolute atomic E-state index is 13.5. The first kappa shape index (κ1) is 13.6. The van der Waals surface area contributed by atoms with Gasteiger partial charge < -0.3 is 5.32 Å². The van der Waals surface area contributed by atoms with E-state index in [2.05, 4.69) is 38.1 Å². The van der Waals surface area contributed by atoms with Crippen molar-refractivity contribution in [3.8, 4) is 11.4 Å². The molecule has 5 heteroatoms. The van der Waals surface area contributed by atoms with Gasteiger partial charge in [0.1, 0.15) is 5.82 Å². The number of aryl methyl sites for hydroxylation is 1. The lowest BCUT2D eigenvalue weighted by molar-refractivity contribution is 0.617. The van der Waals surface area contributed by atoms with Crippen LogP contribution in [-0.4, -0.2) is 16.5 Å². The van der Waals surface area contributed by atoms with E-state index in [0.717, 1.165) is 41.8 Å². The van der Waals surface area contributed by atoms with E-state index in [9.17, 15) is 4.39 Å². The van der Waals surface area contributed by atoms with Crippen molar-refractivity contribution >= 4 is 15.9 Å². The Labute approximate surface area is 125 Å². The van der Waals surface area contributed by atoms with Gasteiger partial charge in [-0.25, -0.2) is 14.4 Å². The zero-order valence-electron chi connectivity index (χ0n) is 11.2. The molecule has 1 N–H and O–H groups in total. The molecule has 1 aromatic heterocycles. The van der Waals surface area contributed by atoms with Gasteiger partial charge in [-0.15, -0.1) is 0 Å². The van der Waals surface area contributed by atoms with Crippen LogP contribution < -0.4 is 5.32 Å². The van der Waals surface area contributed by atoms with Crippen LogP contribution in [0.5, 0.6) is 0 Å². The molecule has 2 aromatic rings. The number of rotatable bonds is 2. The predicted octanol–water partition coefficient (Wildman–Crippen LogP) is 3.25. The van der Waals surface area contributed by atoms with E-state index in [1.807, 2.05) is 0 Å². The molecule has 20 heavy (non-hydrogen) atoms. The molecule has 0 saturated heterocycles. The third-order valence-electron chi connectivity index (χ3n) is 3.52. The molecule has 0 bridgehead atoms. The minimum absolute atomic E-state index is 0.274. The first-order valence-corrected chi connectivity index (χ1v) is 7.53. The Hall–Kier alpha value is -1.33. The third kappa shape index (κ3) is 2.47. The van der Waals surface area contributed by atoms with Crippen molar-refractivity contribution in [3.63, 3.8) is 0 Å². The highest BCUT2D eigenvalue weighted by Crippen LogP contribution is 2.28. The summed E-state index contributed by atoms with van der Waals surface area (Å²) in [5.74, 6) is 0.332. The largest absolute Gasteiger partial charge is 0.312 e. The van der Waals surface area contributed by atoms with E-state index in [0.29, 0.717) is 11.4 Å². The molecule has 0 amide bonds. The van der Waals surface area contributed by atoms with Crippen LogP contribution in [0.4, 0.5) is 4.39 Å². The normalized spacial score (nSPS) is 14.2. The zero-order valence-corrected chi connectivity index (χ0v) is 12.8. The molecule has 104 valence electrons. The maximum atomic E-state index is 13.5. The number of hydrogen-bond donors (Lipinski definition) is 1. The van der Waals surface area contributed by atoms with E-state index >= 15 is 0 Å². The van der Waals surface area contributed by atoms with E-state index in [-0.39, 0.29) is 5.82 Å². The number of nitrogens with one attached hydrogen (secondary N) is 1. The van der Waals surface area contributed by atoms with Crippen molar-refractivity contribution < 1.29 is 4.39 Å². The van der Waals surface area contributed by atoms with Crippen LogP contribution in [0.2, 0.25) is 0 Å². The second-order valence-electron chi connectivity index (χ2n) is 4.82. The van der Waals surface area contributed by atoms with Gasteiger partial charge in [0.25, 0.3) is 0 Å². The van der Waals surface area contributed by atoms with Gasteiger partial charge in [0.15, 0.2) is 5.82 Å². The topological polar surface area (TPSA) is 37.8 Å². The zero-order chi connectivity index (χ0) is 14.1. The highest BCUT2D eigenvalue weighted by molar-refractivity contribution is 9.10. The standard InChI is InChI=1S/C15H15BrFN3/c1-2-13-11-8-18-6-5-14(11)20-15(19-13)10-7-9(17)3-4-12(10)16/h3-4,7,18H,2,5-6,8H2,1H3. The van der Waals surface area contributed by atoms with Crippen molar-refractivity contribution in [2.45, 2.75) is 26.3 Å².